The molecule has 2 aromatic rings. The fourth-order valence-electron chi connectivity index (χ4n) is 1.80. The smallest absolute Gasteiger partial charge is 0.271 e. The van der Waals surface area contributed by atoms with Gasteiger partial charge in [0.25, 0.3) is 5.91 Å². The van der Waals surface area contributed by atoms with E-state index < -0.39 is 0 Å². The first-order chi connectivity index (χ1) is 9.70. The highest BCUT2D eigenvalue weighted by atomic mass is 16.1. The topological polar surface area (TPSA) is 95.6 Å². The van der Waals surface area contributed by atoms with Gasteiger partial charge < -0.3 is 10.6 Å². The Morgan fingerprint density at radius 2 is 2.20 bits per heavy atom. The molecule has 0 atom stereocenters. The zero-order chi connectivity index (χ0) is 14.4. The van der Waals surface area contributed by atoms with E-state index in [0.717, 1.165) is 25.1 Å². The van der Waals surface area contributed by atoms with Crippen molar-refractivity contribution in [1.29, 1.82) is 0 Å². The second-order valence-electron chi connectivity index (χ2n) is 4.43. The van der Waals surface area contributed by atoms with Gasteiger partial charge in [-0.1, -0.05) is 0 Å². The maximum atomic E-state index is 11.3. The van der Waals surface area contributed by atoms with Crippen LogP contribution in [0, 0.1) is 6.92 Å². The van der Waals surface area contributed by atoms with Gasteiger partial charge in [0.1, 0.15) is 5.82 Å². The average molecular weight is 274 g/mol. The molecule has 0 bridgehead atoms. The quantitative estimate of drug-likeness (QED) is 0.681. The summed E-state index contributed by atoms with van der Waals surface area (Å²) in [7, 11) is 1.56. The third-order valence-corrected chi connectivity index (χ3v) is 2.99. The van der Waals surface area contributed by atoms with E-state index in [4.69, 9.17) is 0 Å². The predicted octanol–water partition coefficient (Wildman–Crippen LogP) is 0.912. The number of anilines is 1. The molecule has 0 unspecified atom stereocenters. The molecule has 0 aliphatic heterocycles. The number of aryl methyl sites for hydroxylation is 2. The van der Waals surface area contributed by atoms with E-state index in [9.17, 15) is 4.79 Å². The maximum absolute atomic E-state index is 11.3. The monoisotopic (exact) mass is 274 g/mol. The lowest BCUT2D eigenvalue weighted by Crippen LogP contribution is -2.19. The van der Waals surface area contributed by atoms with E-state index in [1.807, 2.05) is 13.1 Å². The van der Waals surface area contributed by atoms with Crippen LogP contribution in [0.1, 0.15) is 28.2 Å². The summed E-state index contributed by atoms with van der Waals surface area (Å²) in [6.45, 7) is 2.80. The van der Waals surface area contributed by atoms with Crippen LogP contribution in [0.15, 0.2) is 18.3 Å². The number of rotatable bonds is 6. The van der Waals surface area contributed by atoms with Crippen LogP contribution in [0.5, 0.6) is 0 Å². The summed E-state index contributed by atoms with van der Waals surface area (Å²) < 4.78 is 0. The van der Waals surface area contributed by atoms with Crippen molar-refractivity contribution in [3.8, 4) is 0 Å². The SMILES string of the molecule is CNC(=O)c1ccc(NCCCc2cn[nH]c2C)nn1. The number of aromatic amines is 1. The minimum atomic E-state index is -0.237. The highest BCUT2D eigenvalue weighted by molar-refractivity contribution is 5.91. The van der Waals surface area contributed by atoms with Crippen molar-refractivity contribution >= 4 is 11.7 Å². The van der Waals surface area contributed by atoms with E-state index in [-0.39, 0.29) is 5.91 Å². The minimum absolute atomic E-state index is 0.237. The lowest BCUT2D eigenvalue weighted by molar-refractivity contribution is 0.0957. The molecule has 0 aromatic carbocycles. The Labute approximate surface area is 117 Å². The van der Waals surface area contributed by atoms with Crippen LogP contribution in [0.2, 0.25) is 0 Å². The fourth-order valence-corrected chi connectivity index (χ4v) is 1.80. The van der Waals surface area contributed by atoms with Gasteiger partial charge >= 0.3 is 0 Å². The van der Waals surface area contributed by atoms with E-state index >= 15 is 0 Å². The van der Waals surface area contributed by atoms with Crippen LogP contribution in [0.25, 0.3) is 0 Å². The highest BCUT2D eigenvalue weighted by Crippen LogP contribution is 2.07. The largest absolute Gasteiger partial charge is 0.369 e. The Hall–Kier alpha value is -2.44. The Bertz CT molecular complexity index is 562. The van der Waals surface area contributed by atoms with Crippen molar-refractivity contribution in [2.24, 2.45) is 0 Å². The van der Waals surface area contributed by atoms with Crippen molar-refractivity contribution in [1.82, 2.24) is 25.7 Å². The predicted molar refractivity (Wildman–Crippen MR) is 75.6 cm³/mol. The average Bonchev–Trinajstić information content (AvgIpc) is 2.89. The van der Waals surface area contributed by atoms with Crippen LogP contribution in [-0.4, -0.2) is 39.9 Å². The van der Waals surface area contributed by atoms with Gasteiger partial charge in [0.15, 0.2) is 5.69 Å². The molecule has 0 spiro atoms. The van der Waals surface area contributed by atoms with Gasteiger partial charge in [-0.05, 0) is 37.5 Å². The standard InChI is InChI=1S/C13H18N6O/c1-9-10(8-16-17-9)4-3-7-15-12-6-5-11(18-19-12)13(20)14-2/h5-6,8H,3-4,7H2,1-2H3,(H,14,20)(H,15,19)(H,16,17). The van der Waals surface area contributed by atoms with E-state index in [2.05, 4.69) is 31.0 Å². The number of H-pyrrole nitrogens is 1. The van der Waals surface area contributed by atoms with E-state index in [0.29, 0.717) is 11.5 Å². The van der Waals surface area contributed by atoms with E-state index in [1.54, 1.807) is 19.2 Å². The van der Waals surface area contributed by atoms with Crippen LogP contribution in [0.4, 0.5) is 5.82 Å². The molecular formula is C13H18N6O. The molecule has 0 saturated heterocycles. The maximum Gasteiger partial charge on any atom is 0.271 e. The first-order valence-corrected chi connectivity index (χ1v) is 6.49. The summed E-state index contributed by atoms with van der Waals surface area (Å²) in [4.78, 5) is 11.3. The molecule has 2 heterocycles. The molecule has 1 amide bonds. The molecule has 0 aliphatic carbocycles. The van der Waals surface area contributed by atoms with Gasteiger partial charge in [-0.15, -0.1) is 10.2 Å². The van der Waals surface area contributed by atoms with Gasteiger partial charge in [0, 0.05) is 19.3 Å². The molecule has 7 nitrogen and oxygen atoms in total. The molecule has 0 fully saturated rings. The van der Waals surface area contributed by atoms with Gasteiger partial charge in [-0.2, -0.15) is 5.10 Å². The van der Waals surface area contributed by atoms with Gasteiger partial charge in [-0.3, -0.25) is 9.89 Å². The van der Waals surface area contributed by atoms with Crippen LogP contribution in [-0.2, 0) is 6.42 Å². The van der Waals surface area contributed by atoms with Crippen molar-refractivity contribution in [3.05, 3.63) is 35.3 Å². The molecule has 106 valence electrons. The van der Waals surface area contributed by atoms with Gasteiger partial charge in [0.05, 0.1) is 6.20 Å². The van der Waals surface area contributed by atoms with Crippen LogP contribution < -0.4 is 10.6 Å². The molecule has 0 saturated carbocycles. The Morgan fingerprint density at radius 1 is 1.35 bits per heavy atom. The number of nitrogens with zero attached hydrogens (tertiary/aromatic N) is 3. The first kappa shape index (κ1) is 14.0. The first-order valence-electron chi connectivity index (χ1n) is 6.49. The number of aromatic nitrogens is 4. The number of carbonyl (C=O) groups is 1. The van der Waals surface area contributed by atoms with Crippen LogP contribution in [0.3, 0.4) is 0 Å². The normalized spacial score (nSPS) is 10.3. The zero-order valence-electron chi connectivity index (χ0n) is 11.6. The number of hydrogen-bond donors (Lipinski definition) is 3. The third-order valence-electron chi connectivity index (χ3n) is 2.99. The molecule has 2 rings (SSSR count). The Morgan fingerprint density at radius 3 is 2.80 bits per heavy atom. The summed E-state index contributed by atoms with van der Waals surface area (Å²) in [5.74, 6) is 0.432. The molecule has 2 aromatic heterocycles. The Kier molecular flexibility index (Phi) is 4.65. The van der Waals surface area contributed by atoms with Crippen molar-refractivity contribution in [2.45, 2.75) is 19.8 Å². The molecule has 0 aliphatic rings. The zero-order valence-corrected chi connectivity index (χ0v) is 11.6. The molecule has 3 N–H and O–H groups in total. The minimum Gasteiger partial charge on any atom is -0.369 e. The van der Waals surface area contributed by atoms with Crippen molar-refractivity contribution < 1.29 is 4.79 Å². The van der Waals surface area contributed by atoms with Gasteiger partial charge in [0.2, 0.25) is 0 Å². The van der Waals surface area contributed by atoms with Crippen LogP contribution >= 0.6 is 0 Å². The lowest BCUT2D eigenvalue weighted by Gasteiger charge is -2.05. The molecular weight excluding hydrogens is 256 g/mol. The number of nitrogens with one attached hydrogen (secondary N) is 3. The molecule has 7 heteroatoms. The number of hydrogen-bond acceptors (Lipinski definition) is 5. The summed E-state index contributed by atoms with van der Waals surface area (Å²) in [6.07, 6.45) is 3.78. The van der Waals surface area contributed by atoms with Crippen molar-refractivity contribution in [2.75, 3.05) is 18.9 Å². The molecule has 20 heavy (non-hydrogen) atoms. The third kappa shape index (κ3) is 3.53. The second-order valence-corrected chi connectivity index (χ2v) is 4.43. The highest BCUT2D eigenvalue weighted by Gasteiger charge is 2.05. The molecule has 0 radical (unpaired) electrons. The van der Waals surface area contributed by atoms with Gasteiger partial charge in [-0.25, -0.2) is 0 Å². The Balaban J connectivity index is 1.77. The number of amides is 1. The summed E-state index contributed by atoms with van der Waals surface area (Å²) in [5, 5.41) is 20.4. The van der Waals surface area contributed by atoms with Crippen molar-refractivity contribution in [3.63, 3.8) is 0 Å². The second kappa shape index (κ2) is 6.65. The fraction of sp³-hybridized carbons (Fsp3) is 0.385. The lowest BCUT2D eigenvalue weighted by atomic mass is 10.1. The summed E-state index contributed by atoms with van der Waals surface area (Å²) in [6, 6.07) is 3.40. The number of carbonyl (C=O) groups excluding carboxylic acids is 1. The van der Waals surface area contributed by atoms with E-state index in [1.165, 1.54) is 5.56 Å². The summed E-state index contributed by atoms with van der Waals surface area (Å²) >= 11 is 0. The summed E-state index contributed by atoms with van der Waals surface area (Å²) in [5.41, 5.74) is 2.65.